The predicted molar refractivity (Wildman–Crippen MR) is 86.9 cm³/mol. The molecule has 25 heavy (non-hydrogen) atoms. The highest BCUT2D eigenvalue weighted by molar-refractivity contribution is 5.78. The van der Waals surface area contributed by atoms with E-state index in [9.17, 15) is 8.78 Å². The van der Waals surface area contributed by atoms with Gasteiger partial charge in [-0.3, -0.25) is 0 Å². The number of benzene rings is 2. The molecule has 5 nitrogen and oxygen atoms in total. The fourth-order valence-corrected chi connectivity index (χ4v) is 2.48. The number of halogens is 2. The SMILES string of the molecule is COc1cc(OC)c(-c2cc(-c3cc(F)cc(F)c3)on2)c(OC)c1. The molecule has 0 atom stereocenters. The van der Waals surface area contributed by atoms with Crippen LogP contribution in [0.4, 0.5) is 8.78 Å². The first-order chi connectivity index (χ1) is 12.0. The van der Waals surface area contributed by atoms with Gasteiger partial charge in [-0.25, -0.2) is 8.78 Å². The Hall–Kier alpha value is -3.09. The summed E-state index contributed by atoms with van der Waals surface area (Å²) in [6.45, 7) is 0. The van der Waals surface area contributed by atoms with Crippen molar-refractivity contribution in [3.8, 4) is 39.8 Å². The molecule has 2 aromatic carbocycles. The van der Waals surface area contributed by atoms with Crippen LogP contribution in [0.1, 0.15) is 0 Å². The minimum Gasteiger partial charge on any atom is -0.496 e. The Balaban J connectivity index is 2.11. The molecule has 3 rings (SSSR count). The van der Waals surface area contributed by atoms with Crippen molar-refractivity contribution in [1.29, 1.82) is 0 Å². The van der Waals surface area contributed by atoms with E-state index >= 15 is 0 Å². The molecule has 0 aliphatic heterocycles. The third-order valence-electron chi connectivity index (χ3n) is 3.63. The van der Waals surface area contributed by atoms with E-state index in [1.54, 1.807) is 18.2 Å². The molecule has 0 radical (unpaired) electrons. The summed E-state index contributed by atoms with van der Waals surface area (Å²) in [6.07, 6.45) is 0. The lowest BCUT2D eigenvalue weighted by molar-refractivity contribution is 0.376. The zero-order chi connectivity index (χ0) is 18.0. The standard InChI is InChI=1S/C18H15F2NO4/c1-22-13-7-16(23-2)18(17(8-13)24-3)14-9-15(25-21-14)10-4-11(19)6-12(20)5-10/h4-9H,1-3H3. The van der Waals surface area contributed by atoms with Gasteiger partial charge in [0.05, 0.1) is 26.9 Å². The lowest BCUT2D eigenvalue weighted by Gasteiger charge is -2.13. The summed E-state index contributed by atoms with van der Waals surface area (Å²) in [5.74, 6) is 0.282. The fraction of sp³-hybridized carbons (Fsp3) is 0.167. The van der Waals surface area contributed by atoms with Crippen molar-refractivity contribution >= 4 is 0 Å². The quantitative estimate of drug-likeness (QED) is 0.688. The van der Waals surface area contributed by atoms with Gasteiger partial charge in [0.1, 0.15) is 34.6 Å². The van der Waals surface area contributed by atoms with Crippen LogP contribution in [-0.2, 0) is 0 Å². The van der Waals surface area contributed by atoms with E-state index in [4.69, 9.17) is 18.7 Å². The molecule has 0 unspecified atom stereocenters. The van der Waals surface area contributed by atoms with Crippen molar-refractivity contribution in [1.82, 2.24) is 5.16 Å². The van der Waals surface area contributed by atoms with Gasteiger partial charge in [-0.1, -0.05) is 5.16 Å². The average Bonchev–Trinajstić information content (AvgIpc) is 3.09. The van der Waals surface area contributed by atoms with Gasteiger partial charge < -0.3 is 18.7 Å². The van der Waals surface area contributed by atoms with Gasteiger partial charge in [0, 0.05) is 29.8 Å². The van der Waals surface area contributed by atoms with Gasteiger partial charge in [-0.2, -0.15) is 0 Å². The topological polar surface area (TPSA) is 53.7 Å². The Labute approximate surface area is 142 Å². The van der Waals surface area contributed by atoms with Crippen LogP contribution in [0.15, 0.2) is 40.9 Å². The molecule has 0 spiro atoms. The molecule has 1 heterocycles. The summed E-state index contributed by atoms with van der Waals surface area (Å²) >= 11 is 0. The molecule has 0 amide bonds. The molecule has 130 valence electrons. The molecule has 0 fully saturated rings. The summed E-state index contributed by atoms with van der Waals surface area (Å²) < 4.78 is 48.0. The van der Waals surface area contributed by atoms with Gasteiger partial charge in [0.25, 0.3) is 0 Å². The van der Waals surface area contributed by atoms with E-state index in [2.05, 4.69) is 5.16 Å². The van der Waals surface area contributed by atoms with Crippen LogP contribution in [0.25, 0.3) is 22.6 Å². The third kappa shape index (κ3) is 3.26. The first-order valence-electron chi connectivity index (χ1n) is 7.29. The number of ether oxygens (including phenoxy) is 3. The minimum absolute atomic E-state index is 0.216. The summed E-state index contributed by atoms with van der Waals surface area (Å²) in [7, 11) is 4.53. The molecular formula is C18H15F2NO4. The smallest absolute Gasteiger partial charge is 0.167 e. The fourth-order valence-electron chi connectivity index (χ4n) is 2.48. The first-order valence-corrected chi connectivity index (χ1v) is 7.29. The van der Waals surface area contributed by atoms with E-state index in [0.29, 0.717) is 28.5 Å². The molecule has 0 saturated carbocycles. The summed E-state index contributed by atoms with van der Waals surface area (Å²) in [6, 6.07) is 8.02. The maximum absolute atomic E-state index is 13.4. The molecule has 0 bridgehead atoms. The van der Waals surface area contributed by atoms with E-state index in [1.165, 1.54) is 21.3 Å². The second kappa shape index (κ2) is 6.80. The Morgan fingerprint density at radius 1 is 0.800 bits per heavy atom. The Morgan fingerprint density at radius 2 is 1.40 bits per heavy atom. The number of hydrogen-bond donors (Lipinski definition) is 0. The van der Waals surface area contributed by atoms with Crippen molar-refractivity contribution in [2.24, 2.45) is 0 Å². The number of hydrogen-bond acceptors (Lipinski definition) is 5. The number of methoxy groups -OCH3 is 3. The summed E-state index contributed by atoms with van der Waals surface area (Å²) in [4.78, 5) is 0. The molecular weight excluding hydrogens is 332 g/mol. The second-order valence-corrected chi connectivity index (χ2v) is 5.14. The largest absolute Gasteiger partial charge is 0.496 e. The highest BCUT2D eigenvalue weighted by Crippen LogP contribution is 2.42. The van der Waals surface area contributed by atoms with Gasteiger partial charge >= 0.3 is 0 Å². The highest BCUT2D eigenvalue weighted by atomic mass is 19.1. The maximum Gasteiger partial charge on any atom is 0.167 e. The maximum atomic E-state index is 13.4. The van der Waals surface area contributed by atoms with Crippen molar-refractivity contribution in [2.45, 2.75) is 0 Å². The van der Waals surface area contributed by atoms with E-state index in [-0.39, 0.29) is 11.3 Å². The van der Waals surface area contributed by atoms with Crippen molar-refractivity contribution in [3.63, 3.8) is 0 Å². The minimum atomic E-state index is -0.701. The Morgan fingerprint density at radius 3 is 1.92 bits per heavy atom. The molecule has 1 aromatic heterocycles. The average molecular weight is 347 g/mol. The van der Waals surface area contributed by atoms with Crippen LogP contribution in [0.5, 0.6) is 17.2 Å². The number of nitrogens with zero attached hydrogens (tertiary/aromatic N) is 1. The highest BCUT2D eigenvalue weighted by Gasteiger charge is 2.20. The van der Waals surface area contributed by atoms with E-state index in [1.807, 2.05) is 0 Å². The van der Waals surface area contributed by atoms with Gasteiger partial charge in [0.2, 0.25) is 0 Å². The molecule has 0 aliphatic rings. The monoisotopic (exact) mass is 347 g/mol. The Bertz CT molecular complexity index is 863. The predicted octanol–water partition coefficient (Wildman–Crippen LogP) is 4.31. The van der Waals surface area contributed by atoms with Crippen molar-refractivity contribution in [2.75, 3.05) is 21.3 Å². The number of aromatic nitrogens is 1. The second-order valence-electron chi connectivity index (χ2n) is 5.14. The van der Waals surface area contributed by atoms with Crippen molar-refractivity contribution < 1.29 is 27.5 Å². The van der Waals surface area contributed by atoms with Crippen LogP contribution < -0.4 is 14.2 Å². The van der Waals surface area contributed by atoms with Crippen LogP contribution >= 0.6 is 0 Å². The van der Waals surface area contributed by atoms with Gasteiger partial charge in [-0.15, -0.1) is 0 Å². The molecule has 0 saturated heterocycles. The first kappa shape index (κ1) is 16.8. The summed E-state index contributed by atoms with van der Waals surface area (Å²) in [5, 5.41) is 3.97. The third-order valence-corrected chi connectivity index (χ3v) is 3.63. The van der Waals surface area contributed by atoms with E-state index in [0.717, 1.165) is 18.2 Å². The van der Waals surface area contributed by atoms with Crippen LogP contribution in [0.3, 0.4) is 0 Å². The Kier molecular flexibility index (Phi) is 4.56. The van der Waals surface area contributed by atoms with Gasteiger partial charge in [-0.05, 0) is 12.1 Å². The molecule has 3 aromatic rings. The van der Waals surface area contributed by atoms with Crippen LogP contribution in [-0.4, -0.2) is 26.5 Å². The van der Waals surface area contributed by atoms with Crippen LogP contribution in [0, 0.1) is 11.6 Å². The van der Waals surface area contributed by atoms with Gasteiger partial charge in [0.15, 0.2) is 5.76 Å². The molecule has 7 heteroatoms. The van der Waals surface area contributed by atoms with Crippen LogP contribution in [0.2, 0.25) is 0 Å². The van der Waals surface area contributed by atoms with E-state index < -0.39 is 11.6 Å². The van der Waals surface area contributed by atoms with Crippen molar-refractivity contribution in [3.05, 3.63) is 48.0 Å². The molecule has 0 N–H and O–H groups in total. The number of rotatable bonds is 5. The zero-order valence-electron chi connectivity index (χ0n) is 13.8. The molecule has 0 aliphatic carbocycles. The lowest BCUT2D eigenvalue weighted by atomic mass is 10.1. The zero-order valence-corrected chi connectivity index (χ0v) is 13.8. The normalized spacial score (nSPS) is 10.6. The summed E-state index contributed by atoms with van der Waals surface area (Å²) in [5.41, 5.74) is 1.18. The lowest BCUT2D eigenvalue weighted by Crippen LogP contribution is -1.95.